The summed E-state index contributed by atoms with van der Waals surface area (Å²) in [4.78, 5) is 29.2. The van der Waals surface area contributed by atoms with E-state index in [0.717, 1.165) is 17.8 Å². The number of thiazole rings is 1. The van der Waals surface area contributed by atoms with Gasteiger partial charge in [0, 0.05) is 5.56 Å². The molecule has 0 saturated heterocycles. The van der Waals surface area contributed by atoms with E-state index in [2.05, 4.69) is 10.3 Å². The smallest absolute Gasteiger partial charge is 0.350 e. The van der Waals surface area contributed by atoms with Crippen molar-refractivity contribution in [1.82, 2.24) is 4.98 Å². The van der Waals surface area contributed by atoms with Gasteiger partial charge in [-0.3, -0.25) is 10.1 Å². The lowest BCUT2D eigenvalue weighted by atomic mass is 10.2. The summed E-state index contributed by atoms with van der Waals surface area (Å²) in [5.41, 5.74) is 0.754. The van der Waals surface area contributed by atoms with Gasteiger partial charge in [0.05, 0.1) is 29.0 Å². The van der Waals surface area contributed by atoms with Gasteiger partial charge in [0.15, 0.2) is 10.9 Å². The minimum Gasteiger partial charge on any atom is -0.490 e. The molecule has 1 N–H and O–H groups in total. The van der Waals surface area contributed by atoms with Crippen molar-refractivity contribution < 1.29 is 19.1 Å². The molecule has 2 aromatic rings. The standard InChI is InChI=1S/C19H22Cl2N2O4S/c1-5-6-26-15-13(20)7-12(8-14(15)21)17(24)23-19-22-11(4)16(28-19)18(25)27-9-10(2)3/h7-8,10H,5-6,9H2,1-4H3,(H,22,23,24). The number of hydrogen-bond acceptors (Lipinski definition) is 6. The second-order valence-electron chi connectivity index (χ2n) is 6.50. The molecule has 0 aliphatic heterocycles. The molecule has 0 aliphatic rings. The first kappa shape index (κ1) is 22.5. The highest BCUT2D eigenvalue weighted by molar-refractivity contribution is 7.17. The van der Waals surface area contributed by atoms with Crippen LogP contribution in [0.4, 0.5) is 5.13 Å². The number of anilines is 1. The summed E-state index contributed by atoms with van der Waals surface area (Å²) in [6.07, 6.45) is 0.806. The molecule has 152 valence electrons. The number of carbonyl (C=O) groups excluding carboxylic acids is 2. The first-order valence-electron chi connectivity index (χ1n) is 8.80. The van der Waals surface area contributed by atoms with Crippen LogP contribution >= 0.6 is 34.5 Å². The summed E-state index contributed by atoms with van der Waals surface area (Å²) in [7, 11) is 0. The molecule has 28 heavy (non-hydrogen) atoms. The third-order valence-corrected chi connectivity index (χ3v) is 5.08. The minimum absolute atomic E-state index is 0.232. The summed E-state index contributed by atoms with van der Waals surface area (Å²) < 4.78 is 10.7. The van der Waals surface area contributed by atoms with Gasteiger partial charge in [-0.25, -0.2) is 9.78 Å². The Bertz CT molecular complexity index is 845. The number of esters is 1. The second kappa shape index (κ2) is 10.1. The van der Waals surface area contributed by atoms with Crippen molar-refractivity contribution in [3.8, 4) is 5.75 Å². The molecular weight excluding hydrogens is 423 g/mol. The Morgan fingerprint density at radius 1 is 1.25 bits per heavy atom. The molecule has 0 aliphatic carbocycles. The maximum absolute atomic E-state index is 12.5. The summed E-state index contributed by atoms with van der Waals surface area (Å²) in [5.74, 6) is -0.313. The van der Waals surface area contributed by atoms with E-state index in [1.54, 1.807) is 6.92 Å². The number of halogens is 2. The fraction of sp³-hybridized carbons (Fsp3) is 0.421. The lowest BCUT2D eigenvalue weighted by molar-refractivity contribution is 0.0463. The first-order valence-corrected chi connectivity index (χ1v) is 10.4. The van der Waals surface area contributed by atoms with E-state index in [9.17, 15) is 9.59 Å². The highest BCUT2D eigenvalue weighted by Crippen LogP contribution is 2.34. The molecule has 6 nitrogen and oxygen atoms in total. The number of nitrogens with zero attached hydrogens (tertiary/aromatic N) is 1. The fourth-order valence-corrected chi connectivity index (χ4v) is 3.60. The Kier molecular flexibility index (Phi) is 8.10. The third kappa shape index (κ3) is 5.83. The normalized spacial score (nSPS) is 10.8. The Morgan fingerprint density at radius 2 is 1.89 bits per heavy atom. The molecule has 0 radical (unpaired) electrons. The molecule has 2 rings (SSSR count). The van der Waals surface area contributed by atoms with E-state index in [1.807, 2.05) is 20.8 Å². The zero-order chi connectivity index (χ0) is 20.8. The quantitative estimate of drug-likeness (QED) is 0.535. The van der Waals surface area contributed by atoms with Gasteiger partial charge in [-0.15, -0.1) is 0 Å². The predicted octanol–water partition coefficient (Wildman–Crippen LogP) is 5.61. The molecule has 1 heterocycles. The Balaban J connectivity index is 2.13. The molecule has 0 spiro atoms. The van der Waals surface area contributed by atoms with Crippen molar-refractivity contribution in [3.05, 3.63) is 38.3 Å². The molecule has 0 fully saturated rings. The molecule has 1 aromatic carbocycles. The van der Waals surface area contributed by atoms with Crippen molar-refractivity contribution in [1.29, 1.82) is 0 Å². The van der Waals surface area contributed by atoms with Crippen molar-refractivity contribution in [2.45, 2.75) is 34.1 Å². The summed E-state index contributed by atoms with van der Waals surface area (Å²) in [6, 6.07) is 2.96. The van der Waals surface area contributed by atoms with Crippen LogP contribution in [0.15, 0.2) is 12.1 Å². The molecule has 9 heteroatoms. The molecule has 0 unspecified atom stereocenters. The van der Waals surface area contributed by atoms with E-state index < -0.39 is 11.9 Å². The monoisotopic (exact) mass is 444 g/mol. The molecule has 0 atom stereocenters. The lowest BCUT2D eigenvalue weighted by Crippen LogP contribution is -2.12. The highest BCUT2D eigenvalue weighted by atomic mass is 35.5. The topological polar surface area (TPSA) is 77.5 Å². The number of carbonyl (C=O) groups is 2. The van der Waals surface area contributed by atoms with Crippen LogP contribution in [-0.4, -0.2) is 30.1 Å². The number of amides is 1. The summed E-state index contributed by atoms with van der Waals surface area (Å²) in [5, 5.41) is 3.45. The van der Waals surface area contributed by atoms with Crippen molar-refractivity contribution in [2.24, 2.45) is 5.92 Å². The van der Waals surface area contributed by atoms with E-state index in [-0.39, 0.29) is 26.7 Å². The zero-order valence-corrected chi connectivity index (χ0v) is 18.4. The van der Waals surface area contributed by atoms with E-state index >= 15 is 0 Å². The Hall–Kier alpha value is -1.83. The van der Waals surface area contributed by atoms with Gasteiger partial charge in [-0.1, -0.05) is 55.3 Å². The number of hydrogen-bond donors (Lipinski definition) is 1. The van der Waals surface area contributed by atoms with Gasteiger partial charge in [0.25, 0.3) is 5.91 Å². The van der Waals surface area contributed by atoms with Gasteiger partial charge in [-0.05, 0) is 31.4 Å². The fourth-order valence-electron chi connectivity index (χ4n) is 2.15. The maximum Gasteiger partial charge on any atom is 0.350 e. The number of rotatable bonds is 8. The van der Waals surface area contributed by atoms with Crippen molar-refractivity contribution in [2.75, 3.05) is 18.5 Å². The van der Waals surface area contributed by atoms with Crippen LogP contribution in [0.2, 0.25) is 10.0 Å². The molecular formula is C19H22Cl2N2O4S. The predicted molar refractivity (Wildman–Crippen MR) is 112 cm³/mol. The highest BCUT2D eigenvalue weighted by Gasteiger charge is 2.20. The first-order chi connectivity index (χ1) is 13.2. The van der Waals surface area contributed by atoms with E-state index in [0.29, 0.717) is 29.5 Å². The molecule has 1 aromatic heterocycles. The van der Waals surface area contributed by atoms with E-state index in [4.69, 9.17) is 32.7 Å². The van der Waals surface area contributed by atoms with Gasteiger partial charge in [-0.2, -0.15) is 0 Å². The SMILES string of the molecule is CCCOc1c(Cl)cc(C(=O)Nc2nc(C)c(C(=O)OCC(C)C)s2)cc1Cl. The van der Waals surface area contributed by atoms with Crippen LogP contribution in [0.1, 0.15) is 52.9 Å². The van der Waals surface area contributed by atoms with Crippen molar-refractivity contribution >= 4 is 51.5 Å². The van der Waals surface area contributed by atoms with Crippen LogP contribution in [0.3, 0.4) is 0 Å². The largest absolute Gasteiger partial charge is 0.490 e. The minimum atomic E-state index is -0.451. The van der Waals surface area contributed by atoms with Gasteiger partial charge >= 0.3 is 5.97 Å². The van der Waals surface area contributed by atoms with Crippen LogP contribution in [-0.2, 0) is 4.74 Å². The Labute approximate surface area is 178 Å². The Morgan fingerprint density at radius 3 is 2.46 bits per heavy atom. The number of aromatic nitrogens is 1. The number of benzene rings is 1. The van der Waals surface area contributed by atoms with E-state index in [1.165, 1.54) is 12.1 Å². The third-order valence-electron chi connectivity index (χ3n) is 3.46. The molecule has 0 saturated carbocycles. The van der Waals surface area contributed by atoms with Crippen molar-refractivity contribution in [3.63, 3.8) is 0 Å². The number of aryl methyl sites for hydroxylation is 1. The van der Waals surface area contributed by atoms with Crippen LogP contribution in [0.25, 0.3) is 0 Å². The number of ether oxygens (including phenoxy) is 2. The second-order valence-corrected chi connectivity index (χ2v) is 8.31. The zero-order valence-electron chi connectivity index (χ0n) is 16.1. The lowest BCUT2D eigenvalue weighted by Gasteiger charge is -2.10. The van der Waals surface area contributed by atoms with Crippen LogP contribution in [0.5, 0.6) is 5.75 Å². The summed E-state index contributed by atoms with van der Waals surface area (Å²) in [6.45, 7) is 8.35. The number of nitrogens with one attached hydrogen (secondary N) is 1. The van der Waals surface area contributed by atoms with Crippen LogP contribution in [0, 0.1) is 12.8 Å². The van der Waals surface area contributed by atoms with Gasteiger partial charge in [0.1, 0.15) is 4.88 Å². The van der Waals surface area contributed by atoms with Gasteiger partial charge in [0.2, 0.25) is 0 Å². The average Bonchev–Trinajstić information content (AvgIpc) is 2.99. The maximum atomic E-state index is 12.5. The molecule has 0 bridgehead atoms. The summed E-state index contributed by atoms with van der Waals surface area (Å²) >= 11 is 13.4. The van der Waals surface area contributed by atoms with Crippen LogP contribution < -0.4 is 10.1 Å². The molecule has 1 amide bonds. The average molecular weight is 445 g/mol. The van der Waals surface area contributed by atoms with Gasteiger partial charge < -0.3 is 9.47 Å².